The molecule has 3 aliphatic rings. The van der Waals surface area contributed by atoms with Crippen LogP contribution in [0, 0.1) is 23.7 Å². The summed E-state index contributed by atoms with van der Waals surface area (Å²) < 4.78 is 0. The first kappa shape index (κ1) is 8.28. The van der Waals surface area contributed by atoms with Crippen molar-refractivity contribution >= 4 is 0 Å². The molecule has 0 heterocycles. The van der Waals surface area contributed by atoms with Crippen molar-refractivity contribution in [2.45, 2.75) is 39.2 Å². The molecule has 3 rings (SSSR count). The van der Waals surface area contributed by atoms with Gasteiger partial charge in [0.2, 0.25) is 0 Å². The van der Waals surface area contributed by atoms with Gasteiger partial charge in [0.15, 0.2) is 0 Å². The summed E-state index contributed by atoms with van der Waals surface area (Å²) in [5.74, 6) is 4.55. The van der Waals surface area contributed by atoms with Gasteiger partial charge in [-0.15, -0.1) is 0 Å². The molecule has 1 nitrogen and oxygen atoms in total. The van der Waals surface area contributed by atoms with E-state index in [9.17, 15) is 0 Å². The highest BCUT2D eigenvalue weighted by atomic mass is 15.2. The Labute approximate surface area is 81.5 Å². The van der Waals surface area contributed by atoms with Crippen molar-refractivity contribution in [3.05, 3.63) is 0 Å². The Bertz CT molecular complexity index is 193. The van der Waals surface area contributed by atoms with Crippen molar-refractivity contribution < 1.29 is 0 Å². The maximum atomic E-state index is 2.73. The fraction of sp³-hybridized carbons (Fsp3) is 1.00. The molecule has 0 aliphatic heterocycles. The lowest BCUT2D eigenvalue weighted by Gasteiger charge is -2.31. The van der Waals surface area contributed by atoms with E-state index in [0.29, 0.717) is 0 Å². The lowest BCUT2D eigenvalue weighted by molar-refractivity contribution is 0.154. The first-order valence-electron chi connectivity index (χ1n) is 6.10. The van der Waals surface area contributed by atoms with Crippen LogP contribution in [0.2, 0.25) is 0 Å². The lowest BCUT2D eigenvalue weighted by Crippen LogP contribution is -2.40. The molecule has 13 heavy (non-hydrogen) atoms. The fourth-order valence-electron chi connectivity index (χ4n) is 4.39. The van der Waals surface area contributed by atoms with E-state index in [4.69, 9.17) is 0 Å². The molecule has 0 aromatic rings. The summed E-state index contributed by atoms with van der Waals surface area (Å²) in [7, 11) is 0. The Balaban J connectivity index is 1.78. The number of hydrogen-bond acceptors (Lipinski definition) is 1. The van der Waals surface area contributed by atoms with Crippen LogP contribution in [0.25, 0.3) is 0 Å². The minimum absolute atomic E-state index is 0.999. The van der Waals surface area contributed by atoms with Crippen LogP contribution in [0.4, 0.5) is 0 Å². The van der Waals surface area contributed by atoms with E-state index >= 15 is 0 Å². The largest absolute Gasteiger partial charge is 0.300 e. The van der Waals surface area contributed by atoms with Gasteiger partial charge in [0.1, 0.15) is 0 Å². The summed E-state index contributed by atoms with van der Waals surface area (Å²) in [6, 6.07) is 0.999. The third-order valence-corrected chi connectivity index (χ3v) is 4.94. The molecular formula is C12H21N. The summed E-state index contributed by atoms with van der Waals surface area (Å²) in [5.41, 5.74) is 0. The second kappa shape index (κ2) is 2.73. The molecule has 1 heteroatoms. The zero-order valence-corrected chi connectivity index (χ0v) is 8.87. The van der Waals surface area contributed by atoms with Crippen LogP contribution in [-0.4, -0.2) is 24.0 Å². The molecule has 3 saturated carbocycles. The molecule has 0 aromatic carbocycles. The summed E-state index contributed by atoms with van der Waals surface area (Å²) in [4.78, 5) is 2.73. The van der Waals surface area contributed by atoms with Gasteiger partial charge in [-0.05, 0) is 56.0 Å². The monoisotopic (exact) mass is 179 g/mol. The highest BCUT2D eigenvalue weighted by molar-refractivity contribution is 5.14. The molecule has 4 atom stereocenters. The molecule has 0 aromatic heterocycles. The van der Waals surface area contributed by atoms with Crippen molar-refractivity contribution in [3.8, 4) is 0 Å². The average Bonchev–Trinajstić information content (AvgIpc) is 2.80. The number of fused-ring (bicyclic) bond motifs is 5. The van der Waals surface area contributed by atoms with E-state index in [2.05, 4.69) is 18.7 Å². The van der Waals surface area contributed by atoms with Gasteiger partial charge in [0, 0.05) is 6.04 Å². The van der Waals surface area contributed by atoms with Crippen LogP contribution in [0.5, 0.6) is 0 Å². The highest BCUT2D eigenvalue weighted by Crippen LogP contribution is 2.66. The first-order chi connectivity index (χ1) is 6.36. The van der Waals surface area contributed by atoms with Crippen molar-refractivity contribution in [2.75, 3.05) is 13.1 Å². The number of hydrogen-bond donors (Lipinski definition) is 0. The minimum atomic E-state index is 0.999. The Morgan fingerprint density at radius 1 is 0.923 bits per heavy atom. The van der Waals surface area contributed by atoms with Crippen LogP contribution in [0.1, 0.15) is 33.1 Å². The lowest BCUT2D eigenvalue weighted by atomic mass is 9.99. The van der Waals surface area contributed by atoms with Crippen LogP contribution in [0.3, 0.4) is 0 Å². The summed E-state index contributed by atoms with van der Waals surface area (Å²) >= 11 is 0. The normalized spacial score (nSPS) is 51.5. The highest BCUT2D eigenvalue weighted by Gasteiger charge is 2.63. The van der Waals surface area contributed by atoms with Crippen molar-refractivity contribution in [3.63, 3.8) is 0 Å². The SMILES string of the molecule is CCN(CC)C1C2CCC1C1CC12. The molecule has 2 bridgehead atoms. The van der Waals surface area contributed by atoms with E-state index in [-0.39, 0.29) is 0 Å². The summed E-state index contributed by atoms with van der Waals surface area (Å²) in [6.07, 6.45) is 4.69. The van der Waals surface area contributed by atoms with E-state index in [1.54, 1.807) is 19.3 Å². The van der Waals surface area contributed by atoms with Crippen LogP contribution in [-0.2, 0) is 0 Å². The summed E-state index contributed by atoms with van der Waals surface area (Å²) in [5, 5.41) is 0. The van der Waals surface area contributed by atoms with E-state index in [1.165, 1.54) is 24.9 Å². The van der Waals surface area contributed by atoms with Gasteiger partial charge in [-0.1, -0.05) is 13.8 Å². The molecule has 0 saturated heterocycles. The second-order valence-corrected chi connectivity index (χ2v) is 5.18. The zero-order chi connectivity index (χ0) is 9.00. The van der Waals surface area contributed by atoms with Gasteiger partial charge in [0.05, 0.1) is 0 Å². The van der Waals surface area contributed by atoms with Crippen molar-refractivity contribution in [2.24, 2.45) is 23.7 Å². The molecule has 74 valence electrons. The molecule has 0 amide bonds. The van der Waals surface area contributed by atoms with Crippen LogP contribution in [0.15, 0.2) is 0 Å². The zero-order valence-electron chi connectivity index (χ0n) is 8.87. The van der Waals surface area contributed by atoms with Crippen molar-refractivity contribution in [1.82, 2.24) is 4.90 Å². The topological polar surface area (TPSA) is 3.24 Å². The van der Waals surface area contributed by atoms with Crippen LogP contribution < -0.4 is 0 Å². The molecule has 3 fully saturated rings. The Morgan fingerprint density at radius 3 is 1.92 bits per heavy atom. The third-order valence-electron chi connectivity index (χ3n) is 4.94. The third kappa shape index (κ3) is 0.971. The molecule has 0 radical (unpaired) electrons. The average molecular weight is 179 g/mol. The van der Waals surface area contributed by atoms with Crippen LogP contribution >= 0.6 is 0 Å². The van der Waals surface area contributed by atoms with Gasteiger partial charge >= 0.3 is 0 Å². The maximum absolute atomic E-state index is 2.73. The van der Waals surface area contributed by atoms with Gasteiger partial charge in [-0.3, -0.25) is 0 Å². The molecule has 0 spiro atoms. The fourth-order valence-corrected chi connectivity index (χ4v) is 4.39. The smallest absolute Gasteiger partial charge is 0.0157 e. The Kier molecular flexibility index (Phi) is 1.74. The second-order valence-electron chi connectivity index (χ2n) is 5.18. The van der Waals surface area contributed by atoms with Gasteiger partial charge < -0.3 is 4.90 Å². The van der Waals surface area contributed by atoms with E-state index in [0.717, 1.165) is 17.9 Å². The first-order valence-corrected chi connectivity index (χ1v) is 6.10. The van der Waals surface area contributed by atoms with Gasteiger partial charge in [-0.2, -0.15) is 0 Å². The van der Waals surface area contributed by atoms with Crippen molar-refractivity contribution in [1.29, 1.82) is 0 Å². The molecule has 3 aliphatic carbocycles. The molecule has 4 unspecified atom stereocenters. The Hall–Kier alpha value is -0.0400. The quantitative estimate of drug-likeness (QED) is 0.643. The Morgan fingerprint density at radius 2 is 1.46 bits per heavy atom. The predicted molar refractivity (Wildman–Crippen MR) is 54.5 cm³/mol. The summed E-state index contributed by atoms with van der Waals surface area (Å²) in [6.45, 7) is 7.20. The van der Waals surface area contributed by atoms with Gasteiger partial charge in [-0.25, -0.2) is 0 Å². The molecular weight excluding hydrogens is 158 g/mol. The predicted octanol–water partition coefficient (Wildman–Crippen LogP) is 2.37. The van der Waals surface area contributed by atoms with E-state index < -0.39 is 0 Å². The maximum Gasteiger partial charge on any atom is 0.0157 e. The minimum Gasteiger partial charge on any atom is -0.300 e. The molecule has 0 N–H and O–H groups in total. The van der Waals surface area contributed by atoms with E-state index in [1.807, 2.05) is 0 Å². The van der Waals surface area contributed by atoms with Gasteiger partial charge in [0.25, 0.3) is 0 Å². The number of rotatable bonds is 3. The standard InChI is InChI=1S/C12H21N/c1-3-13(4-2)12-8-5-6-9(12)11-7-10(8)11/h8-12H,3-7H2,1-2H3. The number of nitrogens with zero attached hydrogens (tertiary/aromatic N) is 1.